The molecular formula is C8H6N2O2. The molecule has 4 heteroatoms. The van der Waals surface area contributed by atoms with Gasteiger partial charge >= 0.3 is 0 Å². The second kappa shape index (κ2) is 2.65. The Morgan fingerprint density at radius 2 is 2.33 bits per heavy atom. The highest BCUT2D eigenvalue weighted by Gasteiger charge is 2.00. The first kappa shape index (κ1) is 6.84. The van der Waals surface area contributed by atoms with Gasteiger partial charge < -0.3 is 9.40 Å². The van der Waals surface area contributed by atoms with Crippen molar-refractivity contribution in [3.8, 4) is 11.6 Å². The summed E-state index contributed by atoms with van der Waals surface area (Å²) in [4.78, 5) is 17.3. The Bertz CT molecular complexity index is 417. The lowest BCUT2D eigenvalue weighted by Crippen LogP contribution is -2.03. The van der Waals surface area contributed by atoms with Gasteiger partial charge in [0.2, 0.25) is 11.4 Å². The van der Waals surface area contributed by atoms with Gasteiger partial charge in [-0.15, -0.1) is 0 Å². The van der Waals surface area contributed by atoms with Crippen molar-refractivity contribution in [2.75, 3.05) is 0 Å². The number of nitrogens with zero attached hydrogens (tertiary/aromatic N) is 1. The molecule has 2 aromatic heterocycles. The van der Waals surface area contributed by atoms with Crippen LogP contribution in [0.15, 0.2) is 39.9 Å². The predicted molar refractivity (Wildman–Crippen MR) is 42.6 cm³/mol. The Morgan fingerprint density at radius 3 is 3.00 bits per heavy atom. The van der Waals surface area contributed by atoms with Crippen molar-refractivity contribution < 1.29 is 4.42 Å². The smallest absolute Gasteiger partial charge is 0.248 e. The maximum atomic E-state index is 10.9. The molecule has 0 radical (unpaired) electrons. The van der Waals surface area contributed by atoms with E-state index in [-0.39, 0.29) is 5.56 Å². The van der Waals surface area contributed by atoms with E-state index in [4.69, 9.17) is 4.42 Å². The van der Waals surface area contributed by atoms with Gasteiger partial charge in [0, 0.05) is 6.07 Å². The lowest BCUT2D eigenvalue weighted by Gasteiger charge is -1.91. The van der Waals surface area contributed by atoms with Crippen molar-refractivity contribution in [3.63, 3.8) is 0 Å². The summed E-state index contributed by atoms with van der Waals surface area (Å²) in [7, 11) is 0. The predicted octanol–water partition coefficient (Wildman–Crippen LogP) is 1.03. The molecule has 2 aromatic rings. The van der Waals surface area contributed by atoms with Crippen LogP contribution in [0.5, 0.6) is 0 Å². The lowest BCUT2D eigenvalue weighted by molar-refractivity contribution is 0.572. The van der Waals surface area contributed by atoms with Crippen molar-refractivity contribution in [2.24, 2.45) is 0 Å². The molecular weight excluding hydrogens is 156 g/mol. The first-order valence-corrected chi connectivity index (χ1v) is 3.45. The lowest BCUT2D eigenvalue weighted by atomic mass is 10.3. The van der Waals surface area contributed by atoms with Crippen molar-refractivity contribution >= 4 is 0 Å². The van der Waals surface area contributed by atoms with E-state index in [2.05, 4.69) is 9.97 Å². The molecule has 60 valence electrons. The molecule has 0 saturated heterocycles. The fraction of sp³-hybridized carbons (Fsp3) is 0. The van der Waals surface area contributed by atoms with Gasteiger partial charge in [-0.3, -0.25) is 4.79 Å². The fourth-order valence-electron chi connectivity index (χ4n) is 0.929. The van der Waals surface area contributed by atoms with Crippen LogP contribution < -0.4 is 5.56 Å². The zero-order valence-corrected chi connectivity index (χ0v) is 6.15. The quantitative estimate of drug-likeness (QED) is 0.681. The summed E-state index contributed by atoms with van der Waals surface area (Å²) in [6.07, 6.45) is 2.99. The maximum Gasteiger partial charge on any atom is 0.248 e. The van der Waals surface area contributed by atoms with Gasteiger partial charge in [-0.05, 0) is 6.07 Å². The van der Waals surface area contributed by atoms with Crippen LogP contribution in [0.3, 0.4) is 0 Å². The summed E-state index contributed by atoms with van der Waals surface area (Å²) in [6, 6.07) is 4.82. The molecule has 12 heavy (non-hydrogen) atoms. The molecule has 1 N–H and O–H groups in total. The molecule has 0 unspecified atom stereocenters. The van der Waals surface area contributed by atoms with E-state index in [1.165, 1.54) is 18.5 Å². The standard InChI is InChI=1S/C8H6N2O2/c11-7-3-1-2-6(10-7)8-9-4-5-12-8/h1-5H,(H,10,11). The van der Waals surface area contributed by atoms with E-state index in [0.717, 1.165) is 0 Å². The number of pyridine rings is 1. The zero-order valence-electron chi connectivity index (χ0n) is 6.15. The first-order valence-electron chi connectivity index (χ1n) is 3.45. The number of rotatable bonds is 1. The summed E-state index contributed by atoms with van der Waals surface area (Å²) in [6.45, 7) is 0. The third-order valence-corrected chi connectivity index (χ3v) is 1.43. The van der Waals surface area contributed by atoms with E-state index in [9.17, 15) is 4.79 Å². The van der Waals surface area contributed by atoms with E-state index >= 15 is 0 Å². The van der Waals surface area contributed by atoms with Gasteiger partial charge in [0.1, 0.15) is 12.0 Å². The van der Waals surface area contributed by atoms with Gasteiger partial charge in [-0.25, -0.2) is 4.98 Å². The number of oxazole rings is 1. The summed E-state index contributed by atoms with van der Waals surface area (Å²) in [5.74, 6) is 0.424. The normalized spacial score (nSPS) is 10.0. The van der Waals surface area contributed by atoms with E-state index in [0.29, 0.717) is 11.6 Å². The minimum Gasteiger partial charge on any atom is -0.443 e. The van der Waals surface area contributed by atoms with Crippen molar-refractivity contribution in [1.82, 2.24) is 9.97 Å². The van der Waals surface area contributed by atoms with Crippen LogP contribution in [0.25, 0.3) is 11.6 Å². The van der Waals surface area contributed by atoms with Crippen molar-refractivity contribution in [3.05, 3.63) is 41.0 Å². The van der Waals surface area contributed by atoms with Crippen LogP contribution in [0.2, 0.25) is 0 Å². The van der Waals surface area contributed by atoms with Crippen LogP contribution in [0, 0.1) is 0 Å². The van der Waals surface area contributed by atoms with Gasteiger partial charge in [0.25, 0.3) is 0 Å². The molecule has 0 atom stereocenters. The molecule has 4 nitrogen and oxygen atoms in total. The Kier molecular flexibility index (Phi) is 1.51. The summed E-state index contributed by atoms with van der Waals surface area (Å²) < 4.78 is 4.99. The van der Waals surface area contributed by atoms with Crippen LogP contribution >= 0.6 is 0 Å². The molecule has 0 fully saturated rings. The Morgan fingerprint density at radius 1 is 1.42 bits per heavy atom. The first-order chi connectivity index (χ1) is 5.86. The van der Waals surface area contributed by atoms with Crippen molar-refractivity contribution in [2.45, 2.75) is 0 Å². The molecule has 0 aliphatic carbocycles. The Hall–Kier alpha value is -1.84. The number of aromatic nitrogens is 2. The zero-order chi connectivity index (χ0) is 8.39. The Labute approximate surface area is 67.9 Å². The van der Waals surface area contributed by atoms with E-state index in [1.807, 2.05) is 0 Å². The molecule has 0 aromatic carbocycles. The molecule has 0 amide bonds. The molecule has 0 spiro atoms. The molecule has 0 saturated carbocycles. The molecule has 0 aliphatic heterocycles. The average Bonchev–Trinajstić information content (AvgIpc) is 2.56. The summed E-state index contributed by atoms with van der Waals surface area (Å²) in [5.41, 5.74) is 0.429. The third kappa shape index (κ3) is 1.14. The topological polar surface area (TPSA) is 58.9 Å². The van der Waals surface area contributed by atoms with Crippen LogP contribution in [-0.4, -0.2) is 9.97 Å². The molecule has 0 aliphatic rings. The van der Waals surface area contributed by atoms with E-state index < -0.39 is 0 Å². The monoisotopic (exact) mass is 162 g/mol. The van der Waals surface area contributed by atoms with Gasteiger partial charge in [0.05, 0.1) is 6.20 Å². The summed E-state index contributed by atoms with van der Waals surface area (Å²) >= 11 is 0. The van der Waals surface area contributed by atoms with Crippen LogP contribution in [0.4, 0.5) is 0 Å². The van der Waals surface area contributed by atoms with Gasteiger partial charge in [0.15, 0.2) is 0 Å². The average molecular weight is 162 g/mol. The summed E-state index contributed by atoms with van der Waals surface area (Å²) in [5, 5.41) is 0. The molecule has 2 rings (SSSR count). The third-order valence-electron chi connectivity index (χ3n) is 1.43. The van der Waals surface area contributed by atoms with E-state index in [1.54, 1.807) is 12.1 Å². The molecule has 0 bridgehead atoms. The Balaban J connectivity index is 2.55. The molecule has 2 heterocycles. The number of aromatic amines is 1. The fourth-order valence-corrected chi connectivity index (χ4v) is 0.929. The largest absolute Gasteiger partial charge is 0.443 e. The maximum absolute atomic E-state index is 10.9. The minimum absolute atomic E-state index is 0.161. The number of hydrogen-bond donors (Lipinski definition) is 1. The van der Waals surface area contributed by atoms with Crippen LogP contribution in [0.1, 0.15) is 0 Å². The second-order valence-corrected chi connectivity index (χ2v) is 2.27. The van der Waals surface area contributed by atoms with Gasteiger partial charge in [-0.2, -0.15) is 0 Å². The van der Waals surface area contributed by atoms with Crippen LogP contribution in [-0.2, 0) is 0 Å². The number of H-pyrrole nitrogens is 1. The second-order valence-electron chi connectivity index (χ2n) is 2.27. The highest BCUT2D eigenvalue weighted by molar-refractivity contribution is 5.45. The highest BCUT2D eigenvalue weighted by atomic mass is 16.3. The highest BCUT2D eigenvalue weighted by Crippen LogP contribution is 2.10. The minimum atomic E-state index is -0.161. The van der Waals surface area contributed by atoms with Crippen molar-refractivity contribution in [1.29, 1.82) is 0 Å². The van der Waals surface area contributed by atoms with Gasteiger partial charge in [-0.1, -0.05) is 6.07 Å². The SMILES string of the molecule is O=c1cccc(-c2ncco2)[nH]1. The number of hydrogen-bond acceptors (Lipinski definition) is 3. The number of nitrogens with one attached hydrogen (secondary N) is 1.